The number of carbonyl (C=O) groups is 1. The number of benzene rings is 1. The number of hydrogen-bond acceptors (Lipinski definition) is 6. The van der Waals surface area contributed by atoms with Crippen LogP contribution < -0.4 is 9.46 Å². The molecular weight excluding hydrogens is 330 g/mol. The molecule has 0 aliphatic carbocycles. The Kier molecular flexibility index (Phi) is 4.22. The molecule has 0 aliphatic heterocycles. The molecule has 2 aromatic heterocycles. The zero-order valence-electron chi connectivity index (χ0n) is 12.6. The Balaban J connectivity index is 2.37. The highest BCUT2D eigenvalue weighted by atomic mass is 32.1. The largest absolute Gasteiger partial charge is 0.618 e. The Morgan fingerprint density at radius 2 is 1.75 bits per heavy atom. The fourth-order valence-corrected chi connectivity index (χ4v) is 2.84. The van der Waals surface area contributed by atoms with Crippen molar-refractivity contribution in [3.8, 4) is 0 Å². The minimum Gasteiger partial charge on any atom is -0.618 e. The summed E-state index contributed by atoms with van der Waals surface area (Å²) in [6.07, 6.45) is 1.54. The first-order valence-corrected chi connectivity index (χ1v) is 7.53. The first kappa shape index (κ1) is 16.0. The molecule has 7 nitrogen and oxygen atoms in total. The summed E-state index contributed by atoms with van der Waals surface area (Å²) in [6, 6.07) is 11.3. The van der Waals surface area contributed by atoms with E-state index in [0.717, 1.165) is 7.11 Å². The SMILES string of the molecule is COC(=O)c1c(C(S)c2ccccn2)[n+]([O-])c2ccccc2[n+]1[O-]. The number of para-hydroxylation sites is 2. The number of ether oxygens (including phenoxy) is 1. The van der Waals surface area contributed by atoms with Crippen LogP contribution in [0.5, 0.6) is 0 Å². The highest BCUT2D eigenvalue weighted by molar-refractivity contribution is 7.80. The Labute approximate surface area is 142 Å². The molecule has 2 heterocycles. The van der Waals surface area contributed by atoms with Gasteiger partial charge in [-0.2, -0.15) is 17.4 Å². The van der Waals surface area contributed by atoms with Crippen LogP contribution in [-0.4, -0.2) is 18.1 Å². The molecule has 0 fully saturated rings. The van der Waals surface area contributed by atoms with E-state index >= 15 is 0 Å². The van der Waals surface area contributed by atoms with Gasteiger partial charge in [0.1, 0.15) is 5.25 Å². The van der Waals surface area contributed by atoms with Crippen LogP contribution in [0, 0.1) is 10.4 Å². The Morgan fingerprint density at radius 1 is 1.12 bits per heavy atom. The monoisotopic (exact) mass is 343 g/mol. The van der Waals surface area contributed by atoms with Crippen LogP contribution >= 0.6 is 12.6 Å². The van der Waals surface area contributed by atoms with Gasteiger partial charge in [-0.25, -0.2) is 4.79 Å². The van der Waals surface area contributed by atoms with E-state index in [2.05, 4.69) is 22.3 Å². The maximum absolute atomic E-state index is 12.8. The lowest BCUT2D eigenvalue weighted by Gasteiger charge is -2.15. The molecule has 3 rings (SSSR count). The normalized spacial score (nSPS) is 12.1. The quantitative estimate of drug-likeness (QED) is 0.335. The number of aromatic nitrogens is 3. The molecule has 3 aromatic rings. The lowest BCUT2D eigenvalue weighted by molar-refractivity contribution is -0.636. The molecule has 0 saturated heterocycles. The van der Waals surface area contributed by atoms with Crippen molar-refractivity contribution in [1.82, 2.24) is 4.98 Å². The first-order valence-electron chi connectivity index (χ1n) is 7.01. The van der Waals surface area contributed by atoms with Gasteiger partial charge < -0.3 is 15.2 Å². The van der Waals surface area contributed by atoms with Crippen LogP contribution in [0.2, 0.25) is 0 Å². The van der Waals surface area contributed by atoms with Crippen LogP contribution in [0.4, 0.5) is 0 Å². The number of pyridine rings is 1. The third-order valence-corrected chi connectivity index (χ3v) is 4.10. The lowest BCUT2D eigenvalue weighted by atomic mass is 10.1. The fourth-order valence-electron chi connectivity index (χ4n) is 2.46. The Morgan fingerprint density at radius 3 is 2.33 bits per heavy atom. The smallest absolute Gasteiger partial charge is 0.411 e. The van der Waals surface area contributed by atoms with Gasteiger partial charge in [-0.05, 0) is 12.1 Å². The lowest BCUT2D eigenvalue weighted by Crippen LogP contribution is -2.48. The van der Waals surface area contributed by atoms with Crippen molar-refractivity contribution in [2.45, 2.75) is 5.25 Å². The van der Waals surface area contributed by atoms with Crippen LogP contribution in [0.15, 0.2) is 48.7 Å². The van der Waals surface area contributed by atoms with E-state index in [-0.39, 0.29) is 16.7 Å². The molecule has 8 heteroatoms. The molecule has 24 heavy (non-hydrogen) atoms. The van der Waals surface area contributed by atoms with E-state index in [0.29, 0.717) is 15.2 Å². The minimum atomic E-state index is -0.912. The summed E-state index contributed by atoms with van der Waals surface area (Å²) in [7, 11) is 1.14. The van der Waals surface area contributed by atoms with Gasteiger partial charge in [0.15, 0.2) is 0 Å². The number of nitrogens with zero attached hydrogens (tertiary/aromatic N) is 3. The maximum Gasteiger partial charge on any atom is 0.411 e. The second-order valence-corrected chi connectivity index (χ2v) is 5.48. The van der Waals surface area contributed by atoms with Gasteiger partial charge in [0, 0.05) is 18.3 Å². The number of hydrogen-bond donors (Lipinski definition) is 1. The number of carbonyl (C=O) groups excluding carboxylic acids is 1. The molecule has 0 spiro atoms. The molecule has 0 N–H and O–H groups in total. The van der Waals surface area contributed by atoms with Gasteiger partial charge in [-0.1, -0.05) is 18.2 Å². The van der Waals surface area contributed by atoms with Gasteiger partial charge in [-0.3, -0.25) is 4.98 Å². The number of methoxy groups -OCH3 is 1. The number of rotatable bonds is 3. The molecule has 1 aromatic carbocycles. The molecular formula is C16H13N3O4S. The fraction of sp³-hybridized carbons (Fsp3) is 0.125. The zero-order chi connectivity index (χ0) is 17.3. The van der Waals surface area contributed by atoms with Gasteiger partial charge in [0.2, 0.25) is 0 Å². The molecule has 1 unspecified atom stereocenters. The van der Waals surface area contributed by atoms with E-state index in [9.17, 15) is 15.2 Å². The molecule has 0 bridgehead atoms. The summed E-state index contributed by atoms with van der Waals surface area (Å²) >= 11 is 4.41. The summed E-state index contributed by atoms with van der Waals surface area (Å²) < 4.78 is 5.61. The van der Waals surface area contributed by atoms with E-state index < -0.39 is 16.9 Å². The van der Waals surface area contributed by atoms with Crippen molar-refractivity contribution in [3.63, 3.8) is 0 Å². The standard InChI is InChI=1S/C16H13N3O4S/c1-23-16(20)14-13(15(24)10-6-4-5-9-17-10)18(21)11-7-2-3-8-12(11)19(14)22/h2-9,15,24H,1H3. The Hall–Kier alpha value is -2.87. The third kappa shape index (κ3) is 2.50. The van der Waals surface area contributed by atoms with Crippen LogP contribution in [-0.2, 0) is 4.74 Å². The topological polar surface area (TPSA) is 93.1 Å². The van der Waals surface area contributed by atoms with Crippen molar-refractivity contribution in [3.05, 3.63) is 76.2 Å². The average molecular weight is 343 g/mol. The minimum absolute atomic E-state index is 0.0678. The molecule has 0 saturated carbocycles. The van der Waals surface area contributed by atoms with Gasteiger partial charge >= 0.3 is 11.7 Å². The number of thiol groups is 1. The second kappa shape index (κ2) is 6.32. The summed E-state index contributed by atoms with van der Waals surface area (Å²) in [5, 5.41) is 24.6. The van der Waals surface area contributed by atoms with Crippen LogP contribution in [0.25, 0.3) is 11.0 Å². The first-order chi connectivity index (χ1) is 11.6. The third-order valence-electron chi connectivity index (χ3n) is 3.59. The van der Waals surface area contributed by atoms with Gasteiger partial charge in [0.25, 0.3) is 16.7 Å². The van der Waals surface area contributed by atoms with Crippen LogP contribution in [0.3, 0.4) is 0 Å². The van der Waals surface area contributed by atoms with Crippen molar-refractivity contribution in [2.75, 3.05) is 7.11 Å². The number of fused-ring (bicyclic) bond motifs is 1. The van der Waals surface area contributed by atoms with Crippen LogP contribution in [0.1, 0.15) is 27.1 Å². The predicted molar refractivity (Wildman–Crippen MR) is 88.3 cm³/mol. The average Bonchev–Trinajstić information content (AvgIpc) is 2.64. The summed E-state index contributed by atoms with van der Waals surface area (Å²) in [4.78, 5) is 16.3. The zero-order valence-corrected chi connectivity index (χ0v) is 13.5. The highest BCUT2D eigenvalue weighted by Crippen LogP contribution is 2.27. The van der Waals surface area contributed by atoms with Gasteiger partial charge in [-0.15, -0.1) is 4.73 Å². The second-order valence-electron chi connectivity index (χ2n) is 4.96. The van der Waals surface area contributed by atoms with Crippen molar-refractivity contribution in [1.29, 1.82) is 0 Å². The molecule has 0 radical (unpaired) electrons. The molecule has 0 aliphatic rings. The summed E-state index contributed by atoms with van der Waals surface area (Å²) in [5.41, 5.74) is 0.101. The number of esters is 1. The Bertz CT molecular complexity index is 918. The molecule has 1 atom stereocenters. The van der Waals surface area contributed by atoms with Crippen molar-refractivity contribution < 1.29 is 19.0 Å². The van der Waals surface area contributed by atoms with Crippen molar-refractivity contribution in [2.24, 2.45) is 0 Å². The summed E-state index contributed by atoms with van der Waals surface area (Å²) in [6.45, 7) is 0. The van der Waals surface area contributed by atoms with E-state index in [1.165, 1.54) is 18.3 Å². The summed E-state index contributed by atoms with van der Waals surface area (Å²) in [5.74, 6) is -0.912. The van der Waals surface area contributed by atoms with E-state index in [1.54, 1.807) is 30.3 Å². The maximum atomic E-state index is 12.8. The predicted octanol–water partition coefficient (Wildman–Crippen LogP) is 1.31. The molecule has 122 valence electrons. The van der Waals surface area contributed by atoms with Gasteiger partial charge in [0.05, 0.1) is 12.8 Å². The van der Waals surface area contributed by atoms with Crippen molar-refractivity contribution >= 4 is 29.6 Å². The van der Waals surface area contributed by atoms with E-state index in [4.69, 9.17) is 0 Å². The highest BCUT2D eigenvalue weighted by Gasteiger charge is 2.38. The molecule has 0 amide bonds. The van der Waals surface area contributed by atoms with E-state index in [1.807, 2.05) is 0 Å².